The van der Waals surface area contributed by atoms with Gasteiger partial charge in [-0.25, -0.2) is 9.97 Å². The smallest absolute Gasteiger partial charge is 0.272 e. The maximum atomic E-state index is 12.9. The van der Waals surface area contributed by atoms with E-state index in [2.05, 4.69) is 27.1 Å². The van der Waals surface area contributed by atoms with Crippen LogP contribution in [0.2, 0.25) is 0 Å². The van der Waals surface area contributed by atoms with Gasteiger partial charge in [-0.2, -0.15) is 0 Å². The summed E-state index contributed by atoms with van der Waals surface area (Å²) in [5.74, 6) is 2.69. The summed E-state index contributed by atoms with van der Waals surface area (Å²) in [5, 5.41) is 3.28. The van der Waals surface area contributed by atoms with Crippen LogP contribution < -0.4 is 14.8 Å². The Hall–Kier alpha value is -2.87. The van der Waals surface area contributed by atoms with E-state index in [1.165, 1.54) is 0 Å². The van der Waals surface area contributed by atoms with Crippen LogP contribution >= 0.6 is 0 Å². The van der Waals surface area contributed by atoms with Gasteiger partial charge in [-0.3, -0.25) is 4.79 Å². The van der Waals surface area contributed by atoms with Crippen LogP contribution in [0.15, 0.2) is 24.3 Å². The molecule has 2 aromatic rings. The van der Waals surface area contributed by atoms with E-state index in [1.54, 1.807) is 13.0 Å². The molecule has 0 unspecified atom stereocenters. The summed E-state index contributed by atoms with van der Waals surface area (Å²) in [6.07, 6.45) is 0. The molecule has 8 nitrogen and oxygen atoms in total. The van der Waals surface area contributed by atoms with Crippen molar-refractivity contribution in [2.24, 2.45) is 0 Å². The van der Waals surface area contributed by atoms with Crippen molar-refractivity contribution in [3.8, 4) is 11.5 Å². The summed E-state index contributed by atoms with van der Waals surface area (Å²) in [4.78, 5) is 25.8. The van der Waals surface area contributed by atoms with Gasteiger partial charge in [0, 0.05) is 38.8 Å². The van der Waals surface area contributed by atoms with Crippen LogP contribution in [0.1, 0.15) is 28.8 Å². The van der Waals surface area contributed by atoms with E-state index in [4.69, 9.17) is 9.47 Å². The van der Waals surface area contributed by atoms with E-state index < -0.39 is 0 Å². The molecule has 0 radical (unpaired) electrons. The Morgan fingerprint density at radius 3 is 2.68 bits per heavy atom. The topological polar surface area (TPSA) is 79.8 Å². The molecule has 1 amide bonds. The molecule has 1 saturated heterocycles. The van der Waals surface area contributed by atoms with Crippen LogP contribution in [0.25, 0.3) is 0 Å². The van der Waals surface area contributed by atoms with Gasteiger partial charge in [0.15, 0.2) is 11.5 Å². The average molecular weight is 383 g/mol. The number of likely N-dealkylation sites (N-methyl/N-ethyl adjacent to an activating group) is 1. The molecule has 148 valence electrons. The molecule has 2 aliphatic rings. The molecule has 1 aromatic carbocycles. The zero-order chi connectivity index (χ0) is 19.5. The number of fused-ring (bicyclic) bond motifs is 1. The van der Waals surface area contributed by atoms with Gasteiger partial charge < -0.3 is 24.6 Å². The predicted molar refractivity (Wildman–Crippen MR) is 105 cm³/mol. The van der Waals surface area contributed by atoms with Crippen molar-refractivity contribution in [1.82, 2.24) is 19.8 Å². The molecule has 0 bridgehead atoms. The number of benzene rings is 1. The Morgan fingerprint density at radius 2 is 1.89 bits per heavy atom. The molecular formula is C20H25N5O3. The number of rotatable bonds is 5. The van der Waals surface area contributed by atoms with Crippen LogP contribution in [-0.4, -0.2) is 65.2 Å². The molecule has 0 atom stereocenters. The number of anilines is 1. The fourth-order valence-corrected chi connectivity index (χ4v) is 3.44. The molecule has 4 rings (SSSR count). The summed E-state index contributed by atoms with van der Waals surface area (Å²) in [7, 11) is 0. The van der Waals surface area contributed by atoms with Crippen LogP contribution in [0.3, 0.4) is 0 Å². The molecule has 0 spiro atoms. The van der Waals surface area contributed by atoms with Crippen molar-refractivity contribution in [2.45, 2.75) is 20.4 Å². The first-order valence-corrected chi connectivity index (χ1v) is 9.62. The van der Waals surface area contributed by atoms with Crippen molar-refractivity contribution < 1.29 is 14.3 Å². The number of aromatic nitrogens is 2. The molecule has 8 heteroatoms. The van der Waals surface area contributed by atoms with Crippen molar-refractivity contribution in [3.63, 3.8) is 0 Å². The molecule has 0 saturated carbocycles. The standard InChI is InChI=1S/C20H25N5O3/c1-3-24-6-8-25(9-7-24)20(26)16-11-19(23-14(2)22-16)21-12-15-4-5-17-18(10-15)28-13-27-17/h4-5,10-11H,3,6-9,12-13H2,1-2H3,(H,21,22,23). The number of carbonyl (C=O) groups is 1. The van der Waals surface area contributed by atoms with Gasteiger partial charge in [-0.1, -0.05) is 13.0 Å². The average Bonchev–Trinajstić information content (AvgIpc) is 3.19. The lowest BCUT2D eigenvalue weighted by molar-refractivity contribution is 0.0637. The Labute approximate surface area is 164 Å². The first-order valence-electron chi connectivity index (χ1n) is 9.62. The van der Waals surface area contributed by atoms with Crippen LogP contribution in [0.5, 0.6) is 11.5 Å². The SMILES string of the molecule is CCN1CCN(C(=O)c2cc(NCc3ccc4c(c3)OCO4)nc(C)n2)CC1. The third-order valence-electron chi connectivity index (χ3n) is 5.07. The zero-order valence-electron chi connectivity index (χ0n) is 16.3. The van der Waals surface area contributed by atoms with E-state index in [9.17, 15) is 4.79 Å². The minimum Gasteiger partial charge on any atom is -0.454 e. The number of carbonyl (C=O) groups excluding carboxylic acids is 1. The molecular weight excluding hydrogens is 358 g/mol. The number of piperazine rings is 1. The highest BCUT2D eigenvalue weighted by Gasteiger charge is 2.23. The molecule has 1 fully saturated rings. The van der Waals surface area contributed by atoms with Gasteiger partial charge in [0.05, 0.1) is 0 Å². The summed E-state index contributed by atoms with van der Waals surface area (Å²) in [5.41, 5.74) is 1.48. The van der Waals surface area contributed by atoms with Gasteiger partial charge in [0.25, 0.3) is 5.91 Å². The normalized spacial score (nSPS) is 16.3. The number of amides is 1. The summed E-state index contributed by atoms with van der Waals surface area (Å²) >= 11 is 0. The van der Waals surface area contributed by atoms with Gasteiger partial charge in [0.2, 0.25) is 6.79 Å². The second-order valence-electron chi connectivity index (χ2n) is 6.95. The van der Waals surface area contributed by atoms with Crippen LogP contribution in [0, 0.1) is 6.92 Å². The molecule has 1 aromatic heterocycles. The van der Waals surface area contributed by atoms with E-state index in [0.717, 1.165) is 49.8 Å². The first kappa shape index (κ1) is 18.5. The monoisotopic (exact) mass is 383 g/mol. The fraction of sp³-hybridized carbons (Fsp3) is 0.450. The number of hydrogen-bond donors (Lipinski definition) is 1. The number of ether oxygens (including phenoxy) is 2. The van der Waals surface area contributed by atoms with E-state index >= 15 is 0 Å². The lowest BCUT2D eigenvalue weighted by Crippen LogP contribution is -2.48. The maximum absolute atomic E-state index is 12.9. The van der Waals surface area contributed by atoms with Crippen LogP contribution in [0.4, 0.5) is 5.82 Å². The van der Waals surface area contributed by atoms with E-state index in [1.807, 2.05) is 23.1 Å². The predicted octanol–water partition coefficient (Wildman–Crippen LogP) is 1.90. The Kier molecular flexibility index (Phi) is 5.29. The van der Waals surface area contributed by atoms with Gasteiger partial charge in [-0.15, -0.1) is 0 Å². The van der Waals surface area contributed by atoms with E-state index in [-0.39, 0.29) is 12.7 Å². The second kappa shape index (κ2) is 8.02. The van der Waals surface area contributed by atoms with Crippen molar-refractivity contribution in [2.75, 3.05) is 44.8 Å². The molecule has 2 aliphatic heterocycles. The van der Waals surface area contributed by atoms with Crippen molar-refractivity contribution in [1.29, 1.82) is 0 Å². The van der Waals surface area contributed by atoms with Crippen molar-refractivity contribution in [3.05, 3.63) is 41.3 Å². The lowest BCUT2D eigenvalue weighted by atomic mass is 10.2. The third-order valence-corrected chi connectivity index (χ3v) is 5.07. The number of nitrogens with zero attached hydrogens (tertiary/aromatic N) is 4. The summed E-state index contributed by atoms with van der Waals surface area (Å²) in [6.45, 7) is 9.06. The van der Waals surface area contributed by atoms with E-state index in [0.29, 0.717) is 23.9 Å². The van der Waals surface area contributed by atoms with Gasteiger partial charge >= 0.3 is 0 Å². The maximum Gasteiger partial charge on any atom is 0.272 e. The number of nitrogens with one attached hydrogen (secondary N) is 1. The highest BCUT2D eigenvalue weighted by molar-refractivity contribution is 5.93. The fourth-order valence-electron chi connectivity index (χ4n) is 3.44. The number of aryl methyl sites for hydroxylation is 1. The largest absolute Gasteiger partial charge is 0.454 e. The number of hydrogen-bond acceptors (Lipinski definition) is 7. The second-order valence-corrected chi connectivity index (χ2v) is 6.95. The van der Waals surface area contributed by atoms with Gasteiger partial charge in [-0.05, 0) is 31.2 Å². The minimum atomic E-state index is -0.0348. The summed E-state index contributed by atoms with van der Waals surface area (Å²) < 4.78 is 10.8. The van der Waals surface area contributed by atoms with Gasteiger partial charge in [0.1, 0.15) is 17.3 Å². The zero-order valence-corrected chi connectivity index (χ0v) is 16.3. The molecule has 28 heavy (non-hydrogen) atoms. The first-order chi connectivity index (χ1) is 13.6. The summed E-state index contributed by atoms with van der Waals surface area (Å²) in [6, 6.07) is 7.56. The quantitative estimate of drug-likeness (QED) is 0.845. The lowest BCUT2D eigenvalue weighted by Gasteiger charge is -2.33. The third kappa shape index (κ3) is 4.01. The Bertz CT molecular complexity index is 865. The Morgan fingerprint density at radius 1 is 1.11 bits per heavy atom. The highest BCUT2D eigenvalue weighted by atomic mass is 16.7. The minimum absolute atomic E-state index is 0.0348. The molecule has 0 aliphatic carbocycles. The Balaban J connectivity index is 1.43. The molecule has 3 heterocycles. The van der Waals surface area contributed by atoms with Crippen LogP contribution in [-0.2, 0) is 6.54 Å². The molecule has 1 N–H and O–H groups in total. The highest BCUT2D eigenvalue weighted by Crippen LogP contribution is 2.32. The van der Waals surface area contributed by atoms with Crippen molar-refractivity contribution >= 4 is 11.7 Å².